The van der Waals surface area contributed by atoms with Crippen molar-refractivity contribution in [2.24, 2.45) is 0 Å². The largest absolute Gasteiger partial charge is 0.393 e. The van der Waals surface area contributed by atoms with Crippen LogP contribution in [0.3, 0.4) is 0 Å². The molecule has 3 N–H and O–H groups in total. The Kier molecular flexibility index (Phi) is 5.22. The molecule has 0 heterocycles. The van der Waals surface area contributed by atoms with Crippen molar-refractivity contribution in [3.63, 3.8) is 0 Å². The number of ether oxygens (including phenoxy) is 1. The van der Waals surface area contributed by atoms with Crippen LogP contribution in [0.2, 0.25) is 0 Å². The Hall–Kier alpha value is -1.82. The Morgan fingerprint density at radius 1 is 1.47 bits per heavy atom. The van der Waals surface area contributed by atoms with E-state index >= 15 is 0 Å². The molecule has 6 heteroatoms. The van der Waals surface area contributed by atoms with Crippen LogP contribution in [0.4, 0.5) is 17.1 Å². The highest BCUT2D eigenvalue weighted by atomic mass is 16.6. The summed E-state index contributed by atoms with van der Waals surface area (Å²) < 4.78 is 5.28. The number of rotatable bonds is 7. The van der Waals surface area contributed by atoms with E-state index < -0.39 is 4.92 Å². The number of nitrogen functional groups attached to an aromatic ring is 1. The fourth-order valence-electron chi connectivity index (χ4n) is 1.33. The monoisotopic (exact) mass is 239 g/mol. The highest BCUT2D eigenvalue weighted by Gasteiger charge is 2.11. The van der Waals surface area contributed by atoms with E-state index in [1.54, 1.807) is 6.07 Å². The van der Waals surface area contributed by atoms with Crippen molar-refractivity contribution < 1.29 is 9.66 Å². The second-order valence-electron chi connectivity index (χ2n) is 3.57. The molecule has 0 amide bonds. The van der Waals surface area contributed by atoms with Crippen molar-refractivity contribution in [2.75, 3.05) is 30.8 Å². The molecule has 0 aliphatic heterocycles. The Morgan fingerprint density at radius 2 is 2.24 bits per heavy atom. The molecule has 0 atom stereocenters. The van der Waals surface area contributed by atoms with Gasteiger partial charge in [-0.15, -0.1) is 0 Å². The number of nitrogens with zero attached hydrogens (tertiary/aromatic N) is 1. The lowest BCUT2D eigenvalue weighted by Gasteiger charge is -2.07. The number of nitro groups is 1. The summed E-state index contributed by atoms with van der Waals surface area (Å²) in [5, 5.41) is 13.7. The molecule has 0 bridgehead atoms. The summed E-state index contributed by atoms with van der Waals surface area (Å²) in [6.07, 6.45) is 0.980. The van der Waals surface area contributed by atoms with Crippen molar-refractivity contribution in [2.45, 2.75) is 13.3 Å². The molecule has 0 aliphatic rings. The summed E-state index contributed by atoms with van der Waals surface area (Å²) in [5.74, 6) is 0. The van der Waals surface area contributed by atoms with Gasteiger partial charge >= 0.3 is 0 Å². The van der Waals surface area contributed by atoms with Gasteiger partial charge in [-0.25, -0.2) is 0 Å². The van der Waals surface area contributed by atoms with E-state index in [1.165, 1.54) is 12.1 Å². The van der Waals surface area contributed by atoms with Gasteiger partial charge in [0.05, 0.1) is 11.5 Å². The Labute approximate surface area is 99.9 Å². The van der Waals surface area contributed by atoms with Gasteiger partial charge in [-0.2, -0.15) is 0 Å². The topological polar surface area (TPSA) is 90.4 Å². The lowest BCUT2D eigenvalue weighted by molar-refractivity contribution is -0.383. The minimum atomic E-state index is -0.492. The van der Waals surface area contributed by atoms with E-state index in [0.717, 1.165) is 13.0 Å². The maximum atomic E-state index is 10.7. The number of nitrogens with one attached hydrogen (secondary N) is 1. The van der Waals surface area contributed by atoms with Gasteiger partial charge in [0, 0.05) is 24.9 Å². The van der Waals surface area contributed by atoms with Crippen LogP contribution in [0, 0.1) is 10.1 Å². The number of nitro benzene ring substituents is 1. The molecule has 0 saturated carbocycles. The number of hydrogen-bond donors (Lipinski definition) is 2. The van der Waals surface area contributed by atoms with Crippen molar-refractivity contribution in [3.05, 3.63) is 28.3 Å². The average molecular weight is 239 g/mol. The van der Waals surface area contributed by atoms with Crippen molar-refractivity contribution in [1.82, 2.24) is 0 Å². The summed E-state index contributed by atoms with van der Waals surface area (Å²) in [4.78, 5) is 10.2. The Balaban J connectivity index is 2.49. The molecule has 1 aromatic carbocycles. The third-order valence-corrected chi connectivity index (χ3v) is 2.15. The fourth-order valence-corrected chi connectivity index (χ4v) is 1.33. The second kappa shape index (κ2) is 6.70. The van der Waals surface area contributed by atoms with E-state index in [4.69, 9.17) is 10.5 Å². The molecule has 1 rings (SSSR count). The highest BCUT2D eigenvalue weighted by molar-refractivity contribution is 5.65. The Morgan fingerprint density at radius 3 is 2.88 bits per heavy atom. The van der Waals surface area contributed by atoms with E-state index in [9.17, 15) is 10.1 Å². The van der Waals surface area contributed by atoms with Gasteiger partial charge in [0.2, 0.25) is 0 Å². The maximum absolute atomic E-state index is 10.7. The first kappa shape index (κ1) is 13.2. The quantitative estimate of drug-likeness (QED) is 0.329. The van der Waals surface area contributed by atoms with Crippen LogP contribution in [0.15, 0.2) is 18.2 Å². The predicted molar refractivity (Wildman–Crippen MR) is 67.1 cm³/mol. The van der Waals surface area contributed by atoms with Crippen LogP contribution in [0.1, 0.15) is 13.3 Å². The normalized spacial score (nSPS) is 10.2. The van der Waals surface area contributed by atoms with E-state index in [2.05, 4.69) is 5.32 Å². The lowest BCUT2D eigenvalue weighted by Crippen LogP contribution is -2.10. The summed E-state index contributed by atoms with van der Waals surface area (Å²) in [7, 11) is 0. The molecule has 0 unspecified atom stereocenters. The standard InChI is InChI=1S/C11H17N3O3/c1-2-6-17-7-5-13-9-3-4-10(12)11(8-9)14(15)16/h3-4,8,13H,2,5-7,12H2,1H3. The average Bonchev–Trinajstić information content (AvgIpc) is 2.30. The van der Waals surface area contributed by atoms with Crippen LogP contribution < -0.4 is 11.1 Å². The molecule has 0 fully saturated rings. The molecule has 17 heavy (non-hydrogen) atoms. The third-order valence-electron chi connectivity index (χ3n) is 2.15. The predicted octanol–water partition coefficient (Wildman–Crippen LogP) is 2.02. The summed E-state index contributed by atoms with van der Waals surface area (Å²) in [6, 6.07) is 4.66. The second-order valence-corrected chi connectivity index (χ2v) is 3.57. The smallest absolute Gasteiger partial charge is 0.294 e. The zero-order valence-electron chi connectivity index (χ0n) is 9.81. The summed E-state index contributed by atoms with van der Waals surface area (Å²) in [6.45, 7) is 3.95. The zero-order chi connectivity index (χ0) is 12.7. The van der Waals surface area contributed by atoms with Gasteiger partial charge in [0.25, 0.3) is 5.69 Å². The molecule has 0 aliphatic carbocycles. The minimum absolute atomic E-state index is 0.0792. The van der Waals surface area contributed by atoms with Gasteiger partial charge in [0.1, 0.15) is 5.69 Å². The van der Waals surface area contributed by atoms with Crippen LogP contribution in [0.5, 0.6) is 0 Å². The Bertz CT molecular complexity index is 382. The molecule has 94 valence electrons. The van der Waals surface area contributed by atoms with Crippen molar-refractivity contribution in [3.8, 4) is 0 Å². The minimum Gasteiger partial charge on any atom is -0.393 e. The van der Waals surface area contributed by atoms with Gasteiger partial charge in [-0.05, 0) is 18.6 Å². The first-order valence-corrected chi connectivity index (χ1v) is 5.50. The van der Waals surface area contributed by atoms with E-state index in [1.807, 2.05) is 6.92 Å². The molecular weight excluding hydrogens is 222 g/mol. The van der Waals surface area contributed by atoms with Crippen LogP contribution in [-0.2, 0) is 4.74 Å². The number of benzene rings is 1. The summed E-state index contributed by atoms with van der Waals surface area (Å²) >= 11 is 0. The molecule has 6 nitrogen and oxygen atoms in total. The van der Waals surface area contributed by atoms with Crippen LogP contribution in [-0.4, -0.2) is 24.7 Å². The molecule has 0 spiro atoms. The lowest BCUT2D eigenvalue weighted by atomic mass is 10.2. The van der Waals surface area contributed by atoms with Crippen LogP contribution in [0.25, 0.3) is 0 Å². The number of hydrogen-bond acceptors (Lipinski definition) is 5. The molecule has 0 aromatic heterocycles. The molecular formula is C11H17N3O3. The SMILES string of the molecule is CCCOCCNc1ccc(N)c([N+](=O)[O-])c1. The third kappa shape index (κ3) is 4.28. The van der Waals surface area contributed by atoms with Gasteiger partial charge < -0.3 is 15.8 Å². The van der Waals surface area contributed by atoms with Gasteiger partial charge in [-0.3, -0.25) is 10.1 Å². The molecule has 1 aromatic rings. The fraction of sp³-hybridized carbons (Fsp3) is 0.455. The first-order valence-electron chi connectivity index (χ1n) is 5.50. The molecule has 0 saturated heterocycles. The van der Waals surface area contributed by atoms with Gasteiger partial charge in [-0.1, -0.05) is 6.92 Å². The zero-order valence-corrected chi connectivity index (χ0v) is 9.81. The number of nitrogens with two attached hydrogens (primary N) is 1. The molecule has 0 radical (unpaired) electrons. The summed E-state index contributed by atoms with van der Waals surface area (Å²) in [5.41, 5.74) is 6.25. The maximum Gasteiger partial charge on any atom is 0.294 e. The van der Waals surface area contributed by atoms with Crippen LogP contribution >= 0.6 is 0 Å². The van der Waals surface area contributed by atoms with Crippen molar-refractivity contribution in [1.29, 1.82) is 0 Å². The first-order chi connectivity index (χ1) is 8.15. The van der Waals surface area contributed by atoms with Gasteiger partial charge in [0.15, 0.2) is 0 Å². The van der Waals surface area contributed by atoms with Crippen molar-refractivity contribution >= 4 is 17.1 Å². The van der Waals surface area contributed by atoms with E-state index in [0.29, 0.717) is 18.8 Å². The highest BCUT2D eigenvalue weighted by Crippen LogP contribution is 2.24. The van der Waals surface area contributed by atoms with E-state index in [-0.39, 0.29) is 11.4 Å². The number of anilines is 2.